The Labute approximate surface area is 211 Å². The zero-order valence-electron chi connectivity index (χ0n) is 18.9. The van der Waals surface area contributed by atoms with Crippen LogP contribution in [-0.4, -0.2) is 33.3 Å². The highest BCUT2D eigenvalue weighted by atomic mass is 127. The first-order chi connectivity index (χ1) is 15.7. The molecule has 0 bridgehead atoms. The molecule has 1 saturated carbocycles. The van der Waals surface area contributed by atoms with E-state index in [0.717, 1.165) is 54.5 Å². The van der Waals surface area contributed by atoms with E-state index < -0.39 is 0 Å². The first-order valence-electron chi connectivity index (χ1n) is 11.5. The minimum absolute atomic E-state index is 0. The van der Waals surface area contributed by atoms with Gasteiger partial charge in [0.25, 0.3) is 0 Å². The summed E-state index contributed by atoms with van der Waals surface area (Å²) in [7, 11) is 0. The first-order valence-corrected chi connectivity index (χ1v) is 11.5. The summed E-state index contributed by atoms with van der Waals surface area (Å²) in [6.07, 6.45) is 7.23. The molecule has 0 amide bonds. The number of para-hydroxylation sites is 1. The van der Waals surface area contributed by atoms with Gasteiger partial charge in [0.1, 0.15) is 17.7 Å². The highest BCUT2D eigenvalue weighted by Crippen LogP contribution is 2.46. The number of benzene rings is 2. The van der Waals surface area contributed by atoms with Gasteiger partial charge in [-0.3, -0.25) is 5.10 Å². The van der Waals surface area contributed by atoms with E-state index in [1.165, 1.54) is 24.7 Å². The molecule has 0 saturated heterocycles. The summed E-state index contributed by atoms with van der Waals surface area (Å²) < 4.78 is 6.52. The fourth-order valence-corrected chi connectivity index (χ4v) is 4.89. The number of hydrogen-bond donors (Lipinski definition) is 3. The number of H-pyrrole nitrogens is 1. The number of ether oxygens (including phenoxy) is 1. The first kappa shape index (κ1) is 23.5. The molecule has 2 aliphatic rings. The minimum Gasteiger partial charge on any atom is -0.487 e. The molecule has 1 aliphatic carbocycles. The maximum Gasteiger partial charge on any atom is 0.192 e. The largest absolute Gasteiger partial charge is 0.487 e. The van der Waals surface area contributed by atoms with Crippen LogP contribution in [0.3, 0.4) is 0 Å². The standard InChI is InChI=1S/C25H30N6O.HI/c1-2-26-24(27-16-18-8-7-9-19(14-18)23-28-17-29-31-23)30-21-15-25(12-5-6-13-25)32-22-11-4-3-10-20(21)22;/h3-4,7-11,14,17,21H,2,5-6,12-13,15-16H2,1H3,(H2,26,27,30)(H,28,29,31);1H. The summed E-state index contributed by atoms with van der Waals surface area (Å²) in [4.78, 5) is 9.14. The molecule has 3 N–H and O–H groups in total. The van der Waals surface area contributed by atoms with Crippen LogP contribution in [0, 0.1) is 0 Å². The molecule has 3 aromatic rings. The Kier molecular flexibility index (Phi) is 7.52. The number of rotatable bonds is 5. The smallest absolute Gasteiger partial charge is 0.192 e. The Morgan fingerprint density at radius 2 is 2.03 bits per heavy atom. The predicted molar refractivity (Wildman–Crippen MR) is 141 cm³/mol. The van der Waals surface area contributed by atoms with Gasteiger partial charge in [0.2, 0.25) is 0 Å². The van der Waals surface area contributed by atoms with Crippen molar-refractivity contribution >= 4 is 29.9 Å². The highest BCUT2D eigenvalue weighted by molar-refractivity contribution is 14.0. The van der Waals surface area contributed by atoms with Gasteiger partial charge in [-0.1, -0.05) is 36.4 Å². The maximum atomic E-state index is 6.52. The van der Waals surface area contributed by atoms with Crippen molar-refractivity contribution in [2.45, 2.75) is 57.2 Å². The van der Waals surface area contributed by atoms with Crippen molar-refractivity contribution in [2.75, 3.05) is 6.54 Å². The van der Waals surface area contributed by atoms with Crippen LogP contribution in [-0.2, 0) is 6.54 Å². The Balaban J connectivity index is 0.00000259. The molecule has 33 heavy (non-hydrogen) atoms. The Morgan fingerprint density at radius 1 is 1.18 bits per heavy atom. The third-order valence-corrected chi connectivity index (χ3v) is 6.40. The molecule has 8 heteroatoms. The number of aliphatic imine (C=N–C) groups is 1. The van der Waals surface area contributed by atoms with Crippen molar-refractivity contribution in [3.8, 4) is 17.1 Å². The summed E-state index contributed by atoms with van der Waals surface area (Å²) in [6, 6.07) is 16.8. The Morgan fingerprint density at radius 3 is 2.82 bits per heavy atom. The molecule has 1 aliphatic heterocycles. The molecule has 2 heterocycles. The lowest BCUT2D eigenvalue weighted by molar-refractivity contribution is 0.0396. The average Bonchev–Trinajstić information content (AvgIpc) is 3.51. The number of fused-ring (bicyclic) bond motifs is 1. The van der Waals surface area contributed by atoms with Gasteiger partial charge in [0, 0.05) is 24.1 Å². The molecule has 1 aromatic heterocycles. The van der Waals surface area contributed by atoms with Crippen LogP contribution in [0.5, 0.6) is 5.75 Å². The van der Waals surface area contributed by atoms with Crippen LogP contribution in [0.25, 0.3) is 11.4 Å². The monoisotopic (exact) mass is 558 g/mol. The van der Waals surface area contributed by atoms with Gasteiger partial charge < -0.3 is 15.4 Å². The van der Waals surface area contributed by atoms with E-state index in [1.54, 1.807) is 0 Å². The number of aromatic nitrogens is 3. The van der Waals surface area contributed by atoms with Gasteiger partial charge in [0.15, 0.2) is 11.8 Å². The topological polar surface area (TPSA) is 87.2 Å². The molecule has 0 radical (unpaired) electrons. The molecule has 1 unspecified atom stereocenters. The zero-order valence-corrected chi connectivity index (χ0v) is 21.2. The van der Waals surface area contributed by atoms with E-state index in [4.69, 9.17) is 9.73 Å². The number of guanidine groups is 1. The third kappa shape index (κ3) is 5.31. The van der Waals surface area contributed by atoms with Crippen molar-refractivity contribution in [2.24, 2.45) is 4.99 Å². The van der Waals surface area contributed by atoms with Crippen LogP contribution in [0.15, 0.2) is 59.9 Å². The quantitative estimate of drug-likeness (QED) is 0.234. The lowest BCUT2D eigenvalue weighted by atomic mass is 9.86. The maximum absolute atomic E-state index is 6.52. The van der Waals surface area contributed by atoms with Crippen LogP contribution < -0.4 is 15.4 Å². The van der Waals surface area contributed by atoms with Gasteiger partial charge in [0.05, 0.1) is 12.6 Å². The van der Waals surface area contributed by atoms with Gasteiger partial charge in [-0.25, -0.2) is 9.98 Å². The minimum atomic E-state index is -0.0469. The second-order valence-electron chi connectivity index (χ2n) is 8.66. The van der Waals surface area contributed by atoms with E-state index >= 15 is 0 Å². The van der Waals surface area contributed by atoms with E-state index in [2.05, 4.69) is 69.1 Å². The lowest BCUT2D eigenvalue weighted by Crippen LogP contribution is -2.46. The SMILES string of the molecule is CCNC(=NCc1cccc(-c2ncn[nH]2)c1)NC1CC2(CCCC2)Oc2ccccc21.I. The lowest BCUT2D eigenvalue weighted by Gasteiger charge is -2.40. The summed E-state index contributed by atoms with van der Waals surface area (Å²) in [5.74, 6) is 2.60. The second-order valence-corrected chi connectivity index (χ2v) is 8.66. The van der Waals surface area contributed by atoms with Crippen molar-refractivity contribution in [1.29, 1.82) is 0 Å². The van der Waals surface area contributed by atoms with E-state index in [-0.39, 0.29) is 35.6 Å². The molecule has 7 nitrogen and oxygen atoms in total. The molecule has 2 aromatic carbocycles. The molecular weight excluding hydrogens is 527 g/mol. The molecule has 1 atom stereocenters. The van der Waals surface area contributed by atoms with Crippen LogP contribution >= 0.6 is 24.0 Å². The number of nitrogens with zero attached hydrogens (tertiary/aromatic N) is 3. The molecule has 1 fully saturated rings. The summed E-state index contributed by atoms with van der Waals surface area (Å²) >= 11 is 0. The second kappa shape index (κ2) is 10.5. The Hall–Kier alpha value is -2.62. The van der Waals surface area contributed by atoms with Crippen molar-refractivity contribution in [3.05, 3.63) is 66.0 Å². The van der Waals surface area contributed by atoms with Gasteiger partial charge >= 0.3 is 0 Å². The average molecular weight is 558 g/mol. The van der Waals surface area contributed by atoms with Crippen molar-refractivity contribution in [3.63, 3.8) is 0 Å². The fraction of sp³-hybridized carbons (Fsp3) is 0.400. The summed E-state index contributed by atoms with van der Waals surface area (Å²) in [5, 5.41) is 14.0. The zero-order chi connectivity index (χ0) is 21.8. The van der Waals surface area contributed by atoms with E-state index in [9.17, 15) is 0 Å². The van der Waals surface area contributed by atoms with Crippen LogP contribution in [0.1, 0.15) is 56.2 Å². The molecular formula is C25H31IN6O. The molecule has 174 valence electrons. The fourth-order valence-electron chi connectivity index (χ4n) is 4.89. The third-order valence-electron chi connectivity index (χ3n) is 6.40. The van der Waals surface area contributed by atoms with Crippen molar-refractivity contribution in [1.82, 2.24) is 25.8 Å². The highest BCUT2D eigenvalue weighted by Gasteiger charge is 2.43. The molecule has 1 spiro atoms. The van der Waals surface area contributed by atoms with E-state index in [0.29, 0.717) is 6.54 Å². The van der Waals surface area contributed by atoms with Gasteiger partial charge in [-0.15, -0.1) is 24.0 Å². The number of halogens is 1. The normalized spacial score (nSPS) is 18.8. The number of aromatic amines is 1. The van der Waals surface area contributed by atoms with Crippen LogP contribution in [0.4, 0.5) is 0 Å². The number of hydrogen-bond acceptors (Lipinski definition) is 4. The van der Waals surface area contributed by atoms with Crippen LogP contribution in [0.2, 0.25) is 0 Å². The molecule has 5 rings (SSSR count). The Bertz CT molecular complexity index is 1080. The predicted octanol–water partition coefficient (Wildman–Crippen LogP) is 4.98. The van der Waals surface area contributed by atoms with E-state index in [1.807, 2.05) is 12.1 Å². The van der Waals surface area contributed by atoms with Gasteiger partial charge in [-0.2, -0.15) is 5.10 Å². The summed E-state index contributed by atoms with van der Waals surface area (Å²) in [5.41, 5.74) is 3.29. The number of nitrogens with one attached hydrogen (secondary N) is 3. The van der Waals surface area contributed by atoms with Gasteiger partial charge in [-0.05, 0) is 50.3 Å². The summed E-state index contributed by atoms with van der Waals surface area (Å²) in [6.45, 7) is 3.48. The van der Waals surface area contributed by atoms with Crippen molar-refractivity contribution < 1.29 is 4.74 Å².